The minimum absolute atomic E-state index is 0.168. The number of nitrogens with zero attached hydrogens (tertiary/aromatic N) is 3. The Hall–Kier alpha value is -1.97. The molecule has 1 fully saturated rings. The lowest BCUT2D eigenvalue weighted by Crippen LogP contribution is -2.48. The number of unbranched alkanes of at least 4 members (excludes halogenated alkanes) is 5. The van der Waals surface area contributed by atoms with Gasteiger partial charge in [0.25, 0.3) is 0 Å². The van der Waals surface area contributed by atoms with E-state index in [1.807, 2.05) is 4.90 Å². The van der Waals surface area contributed by atoms with E-state index in [0.29, 0.717) is 0 Å². The van der Waals surface area contributed by atoms with Crippen molar-refractivity contribution in [2.75, 3.05) is 50.1 Å². The normalized spacial score (nSPS) is 14.9. The Morgan fingerprint density at radius 1 is 1.00 bits per heavy atom. The number of hydrogen-bond donors (Lipinski definition) is 0. The second-order valence-electron chi connectivity index (χ2n) is 7.33. The van der Waals surface area contributed by atoms with Crippen molar-refractivity contribution < 1.29 is 4.79 Å². The van der Waals surface area contributed by atoms with Gasteiger partial charge in [0.1, 0.15) is 0 Å². The third-order valence-electron chi connectivity index (χ3n) is 5.06. The van der Waals surface area contributed by atoms with Crippen LogP contribution in [0, 0.1) is 0 Å². The average Bonchev–Trinajstić information content (AvgIpc) is 2.67. The Morgan fingerprint density at radius 3 is 2.27 bits per heavy atom. The van der Waals surface area contributed by atoms with Crippen LogP contribution < -0.4 is 9.80 Å². The number of benzene rings is 1. The van der Waals surface area contributed by atoms with E-state index in [2.05, 4.69) is 61.2 Å². The molecule has 1 aliphatic heterocycles. The fourth-order valence-corrected chi connectivity index (χ4v) is 3.30. The van der Waals surface area contributed by atoms with E-state index in [1.54, 1.807) is 6.08 Å². The van der Waals surface area contributed by atoms with Crippen molar-refractivity contribution in [3.63, 3.8) is 0 Å². The summed E-state index contributed by atoms with van der Waals surface area (Å²) in [6.07, 6.45) is 11.2. The van der Waals surface area contributed by atoms with Crippen LogP contribution in [-0.4, -0.2) is 51.1 Å². The van der Waals surface area contributed by atoms with Crippen molar-refractivity contribution >= 4 is 17.3 Å². The number of anilines is 2. The number of carbonyl (C=O) groups excluding carboxylic acids is 1. The third-order valence-corrected chi connectivity index (χ3v) is 5.06. The van der Waals surface area contributed by atoms with Crippen LogP contribution in [0.1, 0.15) is 45.4 Å². The van der Waals surface area contributed by atoms with Gasteiger partial charge in [0, 0.05) is 51.6 Å². The highest BCUT2D eigenvalue weighted by atomic mass is 16.2. The highest BCUT2D eigenvalue weighted by molar-refractivity contribution is 5.87. The predicted molar refractivity (Wildman–Crippen MR) is 112 cm³/mol. The Bertz CT molecular complexity index is 557. The Morgan fingerprint density at radius 2 is 1.65 bits per heavy atom. The lowest BCUT2D eigenvalue weighted by molar-refractivity contribution is -0.126. The number of hydrogen-bond acceptors (Lipinski definition) is 3. The maximum Gasteiger partial charge on any atom is 0.246 e. The molecule has 0 saturated carbocycles. The third kappa shape index (κ3) is 6.40. The minimum Gasteiger partial charge on any atom is -0.378 e. The van der Waals surface area contributed by atoms with E-state index in [0.717, 1.165) is 32.6 Å². The fraction of sp³-hybridized carbons (Fsp3) is 0.591. The molecule has 0 N–H and O–H groups in total. The maximum atomic E-state index is 12.3. The molecule has 4 nitrogen and oxygen atoms in total. The first-order valence-corrected chi connectivity index (χ1v) is 10.1. The zero-order chi connectivity index (χ0) is 18.8. The summed E-state index contributed by atoms with van der Waals surface area (Å²) in [6, 6.07) is 8.64. The smallest absolute Gasteiger partial charge is 0.246 e. The van der Waals surface area contributed by atoms with E-state index in [4.69, 9.17) is 0 Å². The molecule has 0 aliphatic carbocycles. The van der Waals surface area contributed by atoms with Gasteiger partial charge in [-0.2, -0.15) is 0 Å². The van der Waals surface area contributed by atoms with Crippen molar-refractivity contribution in [1.29, 1.82) is 0 Å². The number of piperazine rings is 1. The molecule has 4 heteroatoms. The molecular weight excluding hydrogens is 322 g/mol. The number of amides is 1. The topological polar surface area (TPSA) is 26.8 Å². The predicted octanol–water partition coefficient (Wildman–Crippen LogP) is 4.32. The molecule has 26 heavy (non-hydrogen) atoms. The second kappa shape index (κ2) is 10.9. The average molecular weight is 358 g/mol. The van der Waals surface area contributed by atoms with Gasteiger partial charge in [-0.1, -0.05) is 38.7 Å². The first kappa shape index (κ1) is 20.3. The van der Waals surface area contributed by atoms with E-state index < -0.39 is 0 Å². The largest absolute Gasteiger partial charge is 0.378 e. The van der Waals surface area contributed by atoms with Crippen LogP contribution in [0.2, 0.25) is 0 Å². The summed E-state index contributed by atoms with van der Waals surface area (Å²) in [5, 5.41) is 0. The summed E-state index contributed by atoms with van der Waals surface area (Å²) >= 11 is 0. The molecule has 1 aromatic carbocycles. The van der Waals surface area contributed by atoms with E-state index in [-0.39, 0.29) is 5.91 Å². The zero-order valence-electron chi connectivity index (χ0n) is 16.8. The van der Waals surface area contributed by atoms with Gasteiger partial charge in [0.15, 0.2) is 0 Å². The van der Waals surface area contributed by atoms with E-state index in [1.165, 1.54) is 43.5 Å². The molecule has 144 valence electrons. The molecule has 2 rings (SSSR count). The van der Waals surface area contributed by atoms with Crippen LogP contribution in [0.3, 0.4) is 0 Å². The van der Waals surface area contributed by atoms with Gasteiger partial charge in [0.2, 0.25) is 5.91 Å². The summed E-state index contributed by atoms with van der Waals surface area (Å²) < 4.78 is 0. The monoisotopic (exact) mass is 357 g/mol. The fourth-order valence-electron chi connectivity index (χ4n) is 3.30. The molecule has 0 radical (unpaired) electrons. The van der Waals surface area contributed by atoms with Gasteiger partial charge in [0.05, 0.1) is 0 Å². The molecule has 1 heterocycles. The van der Waals surface area contributed by atoms with Crippen LogP contribution in [0.15, 0.2) is 36.4 Å². The van der Waals surface area contributed by atoms with Gasteiger partial charge < -0.3 is 14.7 Å². The van der Waals surface area contributed by atoms with Crippen molar-refractivity contribution in [1.82, 2.24) is 4.90 Å². The molecular formula is C22H35N3O. The van der Waals surface area contributed by atoms with Gasteiger partial charge in [-0.25, -0.2) is 0 Å². The lowest BCUT2D eigenvalue weighted by atomic mass is 10.1. The second-order valence-corrected chi connectivity index (χ2v) is 7.33. The molecule has 1 aromatic rings. The van der Waals surface area contributed by atoms with Crippen molar-refractivity contribution in [2.45, 2.75) is 45.4 Å². The highest BCUT2D eigenvalue weighted by Gasteiger charge is 2.19. The molecule has 0 atom stereocenters. The SMILES string of the molecule is CCCCCCCC=CC(=O)N1CCN(c2ccc(N(C)C)cc2)CC1. The summed E-state index contributed by atoms with van der Waals surface area (Å²) in [6.45, 7) is 5.64. The molecule has 0 unspecified atom stereocenters. The summed E-state index contributed by atoms with van der Waals surface area (Å²) in [5.74, 6) is 0.168. The van der Waals surface area contributed by atoms with Gasteiger partial charge in [-0.3, -0.25) is 4.79 Å². The first-order valence-electron chi connectivity index (χ1n) is 10.1. The summed E-state index contributed by atoms with van der Waals surface area (Å²) in [5.41, 5.74) is 2.45. The van der Waals surface area contributed by atoms with E-state index >= 15 is 0 Å². The lowest BCUT2D eigenvalue weighted by Gasteiger charge is -2.35. The van der Waals surface area contributed by atoms with Crippen LogP contribution in [0.4, 0.5) is 11.4 Å². The van der Waals surface area contributed by atoms with Crippen LogP contribution in [0.5, 0.6) is 0 Å². The maximum absolute atomic E-state index is 12.3. The van der Waals surface area contributed by atoms with Crippen molar-refractivity contribution in [3.05, 3.63) is 36.4 Å². The molecule has 1 saturated heterocycles. The molecule has 1 amide bonds. The molecule has 0 spiro atoms. The van der Waals surface area contributed by atoms with Crippen molar-refractivity contribution in [2.24, 2.45) is 0 Å². The van der Waals surface area contributed by atoms with Gasteiger partial charge >= 0.3 is 0 Å². The van der Waals surface area contributed by atoms with Crippen LogP contribution in [0.25, 0.3) is 0 Å². The standard InChI is InChI=1S/C22H35N3O/c1-4-5-6-7-8-9-10-11-22(26)25-18-16-24(17-19-25)21-14-12-20(13-15-21)23(2)3/h10-15H,4-9,16-19H2,1-3H3. The minimum atomic E-state index is 0.168. The Labute approximate surface area is 159 Å². The number of carbonyl (C=O) groups is 1. The first-order chi connectivity index (χ1) is 12.6. The van der Waals surface area contributed by atoms with E-state index in [9.17, 15) is 4.79 Å². The highest BCUT2D eigenvalue weighted by Crippen LogP contribution is 2.20. The summed E-state index contributed by atoms with van der Waals surface area (Å²) in [4.78, 5) is 18.8. The summed E-state index contributed by atoms with van der Waals surface area (Å²) in [7, 11) is 4.11. The Balaban J connectivity index is 1.71. The molecule has 0 aromatic heterocycles. The van der Waals surface area contributed by atoms with Crippen LogP contribution >= 0.6 is 0 Å². The quantitative estimate of drug-likeness (QED) is 0.486. The number of rotatable bonds is 9. The number of allylic oxidation sites excluding steroid dienone is 1. The molecule has 1 aliphatic rings. The van der Waals surface area contributed by atoms with Gasteiger partial charge in [-0.15, -0.1) is 0 Å². The Kier molecular flexibility index (Phi) is 8.52. The molecule has 0 bridgehead atoms. The zero-order valence-corrected chi connectivity index (χ0v) is 16.8. The van der Waals surface area contributed by atoms with Crippen molar-refractivity contribution in [3.8, 4) is 0 Å². The van der Waals surface area contributed by atoms with Crippen LogP contribution in [-0.2, 0) is 4.79 Å². The van der Waals surface area contributed by atoms with Gasteiger partial charge in [-0.05, 0) is 43.2 Å².